The second-order valence-corrected chi connectivity index (χ2v) is 6.28. The molecule has 25 heavy (non-hydrogen) atoms. The lowest BCUT2D eigenvalue weighted by Gasteiger charge is -2.16. The molecule has 0 aliphatic carbocycles. The number of aryl methyl sites for hydroxylation is 1. The highest BCUT2D eigenvalue weighted by atomic mass is 32.1. The number of carbonyl (C=O) groups excluding carboxylic acids is 2. The summed E-state index contributed by atoms with van der Waals surface area (Å²) in [6, 6.07) is 7.59. The van der Waals surface area contributed by atoms with Crippen molar-refractivity contribution in [1.29, 1.82) is 0 Å². The van der Waals surface area contributed by atoms with Crippen molar-refractivity contribution in [3.63, 3.8) is 0 Å². The fraction of sp³-hybridized carbons (Fsp3) is 0.500. The Balaban J connectivity index is 2.31. The molecule has 0 fully saturated rings. The lowest BCUT2D eigenvalue weighted by Crippen LogP contribution is -2.49. The highest BCUT2D eigenvalue weighted by molar-refractivity contribution is 7.80. The Labute approximate surface area is 154 Å². The van der Waals surface area contributed by atoms with E-state index in [9.17, 15) is 9.59 Å². The number of hydrogen-bond acceptors (Lipinski definition) is 4. The van der Waals surface area contributed by atoms with Crippen LogP contribution in [0.2, 0.25) is 0 Å². The van der Waals surface area contributed by atoms with Crippen LogP contribution in [0.25, 0.3) is 0 Å². The molecule has 0 unspecified atom stereocenters. The lowest BCUT2D eigenvalue weighted by molar-refractivity contribution is -0.121. The zero-order valence-electron chi connectivity index (χ0n) is 15.1. The summed E-state index contributed by atoms with van der Waals surface area (Å²) < 4.78 is 4.98. The summed E-state index contributed by atoms with van der Waals surface area (Å²) >= 11 is 5.05. The van der Waals surface area contributed by atoms with E-state index in [4.69, 9.17) is 17.0 Å². The van der Waals surface area contributed by atoms with Gasteiger partial charge >= 0.3 is 0 Å². The molecule has 138 valence electrons. The molecule has 0 aliphatic heterocycles. The van der Waals surface area contributed by atoms with Crippen molar-refractivity contribution in [1.82, 2.24) is 16.2 Å². The molecular formula is C18H27N3O3S. The number of amides is 1. The van der Waals surface area contributed by atoms with Gasteiger partial charge < -0.3 is 10.1 Å². The summed E-state index contributed by atoms with van der Waals surface area (Å²) in [7, 11) is 1.60. The predicted molar refractivity (Wildman–Crippen MR) is 102 cm³/mol. The Morgan fingerprint density at radius 3 is 2.44 bits per heavy atom. The van der Waals surface area contributed by atoms with Gasteiger partial charge in [0.2, 0.25) is 5.91 Å². The Hall–Kier alpha value is -1.99. The first kappa shape index (κ1) is 21.1. The molecule has 0 radical (unpaired) electrons. The highest BCUT2D eigenvalue weighted by Gasteiger charge is 2.10. The monoisotopic (exact) mass is 365 g/mol. The lowest BCUT2D eigenvalue weighted by atomic mass is 10.0. The summed E-state index contributed by atoms with van der Waals surface area (Å²) in [4.78, 5) is 23.9. The molecule has 1 amide bonds. The van der Waals surface area contributed by atoms with Crippen molar-refractivity contribution < 1.29 is 14.3 Å². The Bertz CT molecular complexity index is 575. The van der Waals surface area contributed by atoms with Gasteiger partial charge in [-0.1, -0.05) is 37.6 Å². The number of hydrazine groups is 1. The number of carbonyl (C=O) groups is 2. The van der Waals surface area contributed by atoms with Gasteiger partial charge in [0.15, 0.2) is 10.9 Å². The summed E-state index contributed by atoms with van der Waals surface area (Å²) in [6.45, 7) is 4.52. The molecule has 0 saturated heterocycles. The van der Waals surface area contributed by atoms with Crippen molar-refractivity contribution in [2.75, 3.05) is 13.7 Å². The van der Waals surface area contributed by atoms with Gasteiger partial charge in [-0.3, -0.25) is 20.4 Å². The number of ketones is 1. The van der Waals surface area contributed by atoms with Crippen LogP contribution in [0.1, 0.15) is 49.0 Å². The molecule has 0 aromatic heterocycles. The van der Waals surface area contributed by atoms with Crippen LogP contribution in [0.15, 0.2) is 24.3 Å². The maximum Gasteiger partial charge on any atom is 0.238 e. The van der Waals surface area contributed by atoms with Gasteiger partial charge in [0, 0.05) is 31.6 Å². The standard InChI is InChI=1S/C18H27N3O3S/c1-4-5-14-6-8-15(9-7-14)16(22)10-11-17(23)20-21-18(25)19-13(2)12-24-3/h6-9,13H,4-5,10-12H2,1-3H3,(H,20,23)(H2,19,21,25)/t13-/m0/s1. The Morgan fingerprint density at radius 1 is 1.16 bits per heavy atom. The molecule has 0 aliphatic rings. The van der Waals surface area contributed by atoms with E-state index in [1.165, 1.54) is 5.56 Å². The van der Waals surface area contributed by atoms with Crippen LogP contribution in [-0.2, 0) is 16.0 Å². The van der Waals surface area contributed by atoms with E-state index in [2.05, 4.69) is 23.1 Å². The van der Waals surface area contributed by atoms with Crippen molar-refractivity contribution in [3.05, 3.63) is 35.4 Å². The third kappa shape index (κ3) is 8.60. The van der Waals surface area contributed by atoms with Crippen LogP contribution >= 0.6 is 12.2 Å². The quantitative estimate of drug-likeness (QED) is 0.353. The normalized spacial score (nSPS) is 11.5. The number of benzene rings is 1. The second-order valence-electron chi connectivity index (χ2n) is 5.87. The van der Waals surface area contributed by atoms with Gasteiger partial charge in [-0.15, -0.1) is 0 Å². The molecular weight excluding hydrogens is 338 g/mol. The topological polar surface area (TPSA) is 79.5 Å². The molecule has 0 spiro atoms. The maximum atomic E-state index is 12.1. The van der Waals surface area contributed by atoms with Crippen LogP contribution in [0.3, 0.4) is 0 Å². The van der Waals surface area contributed by atoms with Crippen molar-refractivity contribution in [3.8, 4) is 0 Å². The maximum absolute atomic E-state index is 12.1. The van der Waals surface area contributed by atoms with Crippen LogP contribution in [-0.4, -0.2) is 36.6 Å². The van der Waals surface area contributed by atoms with E-state index in [-0.39, 0.29) is 30.6 Å². The number of rotatable bonds is 9. The zero-order valence-corrected chi connectivity index (χ0v) is 15.9. The first-order valence-electron chi connectivity index (χ1n) is 8.42. The number of nitrogens with one attached hydrogen (secondary N) is 3. The van der Waals surface area contributed by atoms with Gasteiger partial charge in [0.1, 0.15) is 0 Å². The van der Waals surface area contributed by atoms with E-state index in [0.717, 1.165) is 12.8 Å². The van der Waals surface area contributed by atoms with E-state index in [0.29, 0.717) is 17.3 Å². The smallest absolute Gasteiger partial charge is 0.238 e. The molecule has 1 aromatic rings. The van der Waals surface area contributed by atoms with E-state index >= 15 is 0 Å². The van der Waals surface area contributed by atoms with Crippen LogP contribution in [0, 0.1) is 0 Å². The van der Waals surface area contributed by atoms with Gasteiger partial charge in [0.25, 0.3) is 0 Å². The van der Waals surface area contributed by atoms with Gasteiger partial charge in [-0.2, -0.15) is 0 Å². The Morgan fingerprint density at radius 2 is 1.84 bits per heavy atom. The van der Waals surface area contributed by atoms with Crippen LogP contribution in [0.4, 0.5) is 0 Å². The van der Waals surface area contributed by atoms with Crippen molar-refractivity contribution in [2.45, 2.75) is 45.6 Å². The number of Topliss-reactive ketones (excluding diaryl/α,β-unsaturated/α-hetero) is 1. The molecule has 0 saturated carbocycles. The second kappa shape index (κ2) is 11.5. The zero-order chi connectivity index (χ0) is 18.7. The average molecular weight is 365 g/mol. The third-order valence-electron chi connectivity index (χ3n) is 3.50. The number of hydrogen-bond donors (Lipinski definition) is 3. The van der Waals surface area contributed by atoms with Gasteiger partial charge in [-0.25, -0.2) is 0 Å². The fourth-order valence-corrected chi connectivity index (χ4v) is 2.51. The minimum absolute atomic E-state index is 0.0270. The predicted octanol–water partition coefficient (Wildman–Crippen LogP) is 2.13. The summed E-state index contributed by atoms with van der Waals surface area (Å²) in [5.41, 5.74) is 6.93. The summed E-state index contributed by atoms with van der Waals surface area (Å²) in [6.07, 6.45) is 2.32. The van der Waals surface area contributed by atoms with Gasteiger partial charge in [-0.05, 0) is 31.1 Å². The van der Waals surface area contributed by atoms with E-state index in [1.807, 2.05) is 31.2 Å². The Kier molecular flexibility index (Phi) is 9.72. The van der Waals surface area contributed by atoms with Crippen molar-refractivity contribution in [2.24, 2.45) is 0 Å². The SMILES string of the molecule is CCCc1ccc(C(=O)CCC(=O)NNC(=S)N[C@@H](C)COC)cc1. The van der Waals surface area contributed by atoms with E-state index in [1.54, 1.807) is 7.11 Å². The average Bonchev–Trinajstić information content (AvgIpc) is 2.59. The number of ether oxygens (including phenoxy) is 1. The molecule has 1 aromatic carbocycles. The number of thiocarbonyl (C=S) groups is 1. The molecule has 3 N–H and O–H groups in total. The van der Waals surface area contributed by atoms with Gasteiger partial charge in [0.05, 0.1) is 6.61 Å². The van der Waals surface area contributed by atoms with E-state index < -0.39 is 0 Å². The summed E-state index contributed by atoms with van der Waals surface area (Å²) in [5.74, 6) is -0.341. The third-order valence-corrected chi connectivity index (χ3v) is 3.72. The minimum atomic E-state index is -0.292. The highest BCUT2D eigenvalue weighted by Crippen LogP contribution is 2.09. The fourth-order valence-electron chi connectivity index (χ4n) is 2.26. The molecule has 6 nitrogen and oxygen atoms in total. The number of methoxy groups -OCH3 is 1. The molecule has 7 heteroatoms. The molecule has 1 rings (SSSR count). The molecule has 1 atom stereocenters. The van der Waals surface area contributed by atoms with Crippen LogP contribution in [0.5, 0.6) is 0 Å². The van der Waals surface area contributed by atoms with Crippen molar-refractivity contribution >= 4 is 29.0 Å². The first-order chi connectivity index (χ1) is 12.0. The van der Waals surface area contributed by atoms with Crippen LogP contribution < -0.4 is 16.2 Å². The largest absolute Gasteiger partial charge is 0.383 e. The minimum Gasteiger partial charge on any atom is -0.383 e. The molecule has 0 heterocycles. The summed E-state index contributed by atoms with van der Waals surface area (Å²) in [5, 5.41) is 3.26. The first-order valence-corrected chi connectivity index (χ1v) is 8.83. The molecule has 0 bridgehead atoms.